The van der Waals surface area contributed by atoms with Gasteiger partial charge in [-0.1, -0.05) is 37.6 Å². The van der Waals surface area contributed by atoms with Gasteiger partial charge in [0.2, 0.25) is 0 Å². The molecular weight excluding hydrogens is 374 g/mol. The fourth-order valence-electron chi connectivity index (χ4n) is 2.55. The minimum atomic E-state index is -0.523. The highest BCUT2D eigenvalue weighted by Crippen LogP contribution is 2.19. The van der Waals surface area contributed by atoms with Crippen molar-refractivity contribution in [3.05, 3.63) is 75.5 Å². The number of amides is 2. The number of nitro groups is 1. The van der Waals surface area contributed by atoms with E-state index in [2.05, 4.69) is 10.6 Å². The number of ether oxygens (including phenoxy) is 1. The summed E-state index contributed by atoms with van der Waals surface area (Å²) in [6.07, 6.45) is 3.09. The molecule has 8 heteroatoms. The second-order valence-corrected chi connectivity index (χ2v) is 6.17. The van der Waals surface area contributed by atoms with Crippen LogP contribution >= 0.6 is 0 Å². The van der Waals surface area contributed by atoms with Crippen LogP contribution in [0.3, 0.4) is 0 Å². The number of unbranched alkanes of at least 4 members (excludes halogenated alkanes) is 1. The highest BCUT2D eigenvalue weighted by Gasteiger charge is 2.17. The predicted octanol–water partition coefficient (Wildman–Crippen LogP) is 3.29. The van der Waals surface area contributed by atoms with Crippen LogP contribution in [0.2, 0.25) is 0 Å². The maximum Gasteiger partial charge on any atom is 0.270 e. The molecule has 0 unspecified atom stereocenters. The maximum atomic E-state index is 12.7. The number of hydrogen-bond acceptors (Lipinski definition) is 5. The lowest BCUT2D eigenvalue weighted by atomic mass is 10.1. The summed E-state index contributed by atoms with van der Waals surface area (Å²) in [6, 6.07) is 12.4. The predicted molar refractivity (Wildman–Crippen MR) is 109 cm³/mol. The van der Waals surface area contributed by atoms with Gasteiger partial charge in [-0.2, -0.15) is 0 Å². The first-order valence-electron chi connectivity index (χ1n) is 9.15. The zero-order chi connectivity index (χ0) is 21.2. The van der Waals surface area contributed by atoms with Crippen LogP contribution in [0.4, 0.5) is 5.69 Å². The molecule has 0 fully saturated rings. The van der Waals surface area contributed by atoms with Crippen LogP contribution in [0.15, 0.2) is 54.2 Å². The molecule has 0 spiro atoms. The Kier molecular flexibility index (Phi) is 7.90. The van der Waals surface area contributed by atoms with E-state index in [1.54, 1.807) is 30.3 Å². The average Bonchev–Trinajstić information content (AvgIpc) is 2.73. The van der Waals surface area contributed by atoms with E-state index in [9.17, 15) is 19.7 Å². The smallest absolute Gasteiger partial charge is 0.270 e. The molecule has 2 rings (SSSR count). The molecule has 0 heterocycles. The van der Waals surface area contributed by atoms with Crippen molar-refractivity contribution in [2.45, 2.75) is 19.8 Å². The molecule has 152 valence electrons. The first kappa shape index (κ1) is 21.6. The van der Waals surface area contributed by atoms with E-state index in [4.69, 9.17) is 4.74 Å². The van der Waals surface area contributed by atoms with Gasteiger partial charge in [0, 0.05) is 18.7 Å². The van der Waals surface area contributed by atoms with Crippen LogP contribution in [0.5, 0.6) is 5.75 Å². The Morgan fingerprint density at radius 3 is 2.62 bits per heavy atom. The first-order valence-corrected chi connectivity index (χ1v) is 9.15. The summed E-state index contributed by atoms with van der Waals surface area (Å²) in [4.78, 5) is 35.8. The van der Waals surface area contributed by atoms with Crippen molar-refractivity contribution in [3.63, 3.8) is 0 Å². The molecule has 0 saturated heterocycles. The largest absolute Gasteiger partial charge is 0.496 e. The molecule has 2 aromatic carbocycles. The Balaban J connectivity index is 2.34. The number of nitrogens with one attached hydrogen (secondary N) is 2. The molecule has 29 heavy (non-hydrogen) atoms. The van der Waals surface area contributed by atoms with Gasteiger partial charge < -0.3 is 15.4 Å². The molecule has 0 atom stereocenters. The summed E-state index contributed by atoms with van der Waals surface area (Å²) in [7, 11) is 1.45. The van der Waals surface area contributed by atoms with Crippen molar-refractivity contribution >= 4 is 23.6 Å². The minimum Gasteiger partial charge on any atom is -0.496 e. The van der Waals surface area contributed by atoms with E-state index in [0.717, 1.165) is 12.8 Å². The molecular formula is C21H23N3O5. The number of carbonyl (C=O) groups excluding carboxylic acids is 2. The van der Waals surface area contributed by atoms with Crippen LogP contribution in [0.1, 0.15) is 35.7 Å². The number of hydrogen-bond donors (Lipinski definition) is 2. The summed E-state index contributed by atoms with van der Waals surface area (Å²) in [5, 5.41) is 16.3. The zero-order valence-electron chi connectivity index (χ0n) is 16.3. The Labute approximate surface area is 168 Å². The van der Waals surface area contributed by atoms with Crippen molar-refractivity contribution in [1.82, 2.24) is 10.6 Å². The average molecular weight is 397 g/mol. The topological polar surface area (TPSA) is 111 Å². The molecule has 0 aromatic heterocycles. The number of non-ortho nitro benzene ring substituents is 1. The number of para-hydroxylation sites is 1. The highest BCUT2D eigenvalue weighted by molar-refractivity contribution is 6.06. The third kappa shape index (κ3) is 6.17. The normalized spacial score (nSPS) is 10.9. The molecule has 0 aliphatic carbocycles. The van der Waals surface area contributed by atoms with Gasteiger partial charge in [-0.05, 0) is 30.2 Å². The van der Waals surface area contributed by atoms with Crippen molar-refractivity contribution in [3.8, 4) is 5.75 Å². The summed E-state index contributed by atoms with van der Waals surface area (Å²) in [5.74, 6) is -0.635. The summed E-state index contributed by atoms with van der Waals surface area (Å²) >= 11 is 0. The van der Waals surface area contributed by atoms with E-state index in [-0.39, 0.29) is 16.9 Å². The van der Waals surface area contributed by atoms with Crippen molar-refractivity contribution in [2.75, 3.05) is 13.7 Å². The van der Waals surface area contributed by atoms with Gasteiger partial charge in [-0.3, -0.25) is 19.7 Å². The third-order valence-corrected chi connectivity index (χ3v) is 4.05. The van der Waals surface area contributed by atoms with Gasteiger partial charge in [0.05, 0.1) is 17.6 Å². The third-order valence-electron chi connectivity index (χ3n) is 4.05. The molecule has 0 aliphatic heterocycles. The summed E-state index contributed by atoms with van der Waals surface area (Å²) < 4.78 is 5.19. The summed E-state index contributed by atoms with van der Waals surface area (Å²) in [5.41, 5.74) is 0.555. The molecule has 8 nitrogen and oxygen atoms in total. The van der Waals surface area contributed by atoms with E-state index < -0.39 is 16.7 Å². The lowest BCUT2D eigenvalue weighted by Crippen LogP contribution is -2.35. The number of nitro benzene ring substituents is 1. The molecule has 2 aromatic rings. The Morgan fingerprint density at radius 1 is 1.17 bits per heavy atom. The molecule has 0 aliphatic rings. The molecule has 2 amide bonds. The van der Waals surface area contributed by atoms with Gasteiger partial charge in [0.1, 0.15) is 11.4 Å². The second-order valence-electron chi connectivity index (χ2n) is 6.17. The minimum absolute atomic E-state index is 0.0162. The fraction of sp³-hybridized carbons (Fsp3) is 0.238. The first-order chi connectivity index (χ1) is 14.0. The number of rotatable bonds is 9. The SMILES string of the molecule is CCCCNC(=O)C(=Cc1cccc([N+](=O)[O-])c1)NC(=O)c1ccccc1OC. The van der Waals surface area contributed by atoms with E-state index >= 15 is 0 Å². The lowest BCUT2D eigenvalue weighted by Gasteiger charge is -2.12. The summed E-state index contributed by atoms with van der Waals surface area (Å²) in [6.45, 7) is 2.45. The molecule has 0 bridgehead atoms. The van der Waals surface area contributed by atoms with Crippen LogP contribution in [-0.4, -0.2) is 30.4 Å². The molecule has 2 N–H and O–H groups in total. The maximum absolute atomic E-state index is 12.7. The van der Waals surface area contributed by atoms with Crippen molar-refractivity contribution < 1.29 is 19.2 Å². The highest BCUT2D eigenvalue weighted by atomic mass is 16.6. The standard InChI is InChI=1S/C21H23N3O5/c1-3-4-12-22-21(26)18(14-15-8-7-9-16(13-15)24(27)28)23-20(25)17-10-5-6-11-19(17)29-2/h5-11,13-14H,3-4,12H2,1-2H3,(H,22,26)(H,23,25). The zero-order valence-corrected chi connectivity index (χ0v) is 16.3. The molecule has 0 saturated carbocycles. The fourth-order valence-corrected chi connectivity index (χ4v) is 2.55. The van der Waals surface area contributed by atoms with Crippen LogP contribution in [0, 0.1) is 10.1 Å². The van der Waals surface area contributed by atoms with Gasteiger partial charge in [-0.15, -0.1) is 0 Å². The number of methoxy groups -OCH3 is 1. The second kappa shape index (κ2) is 10.6. The van der Waals surface area contributed by atoms with Gasteiger partial charge >= 0.3 is 0 Å². The van der Waals surface area contributed by atoms with Crippen LogP contribution in [0.25, 0.3) is 6.08 Å². The van der Waals surface area contributed by atoms with E-state index in [0.29, 0.717) is 17.9 Å². The van der Waals surface area contributed by atoms with Crippen LogP contribution < -0.4 is 15.4 Å². The number of benzene rings is 2. The monoisotopic (exact) mass is 397 g/mol. The van der Waals surface area contributed by atoms with Crippen molar-refractivity contribution in [2.24, 2.45) is 0 Å². The van der Waals surface area contributed by atoms with E-state index in [1.165, 1.54) is 31.4 Å². The Morgan fingerprint density at radius 2 is 1.93 bits per heavy atom. The lowest BCUT2D eigenvalue weighted by molar-refractivity contribution is -0.384. The quantitative estimate of drug-likeness (QED) is 0.292. The Hall–Kier alpha value is -3.68. The number of carbonyl (C=O) groups is 2. The van der Waals surface area contributed by atoms with Gasteiger partial charge in [0.15, 0.2) is 0 Å². The van der Waals surface area contributed by atoms with Gasteiger partial charge in [-0.25, -0.2) is 0 Å². The Bertz CT molecular complexity index is 924. The van der Waals surface area contributed by atoms with Gasteiger partial charge in [0.25, 0.3) is 17.5 Å². The van der Waals surface area contributed by atoms with E-state index in [1.807, 2.05) is 6.92 Å². The molecule has 0 radical (unpaired) electrons. The number of nitrogens with zero attached hydrogens (tertiary/aromatic N) is 1. The van der Waals surface area contributed by atoms with Crippen LogP contribution in [-0.2, 0) is 4.79 Å². The van der Waals surface area contributed by atoms with Crippen molar-refractivity contribution in [1.29, 1.82) is 0 Å².